The van der Waals surface area contributed by atoms with E-state index < -0.39 is 5.91 Å². The van der Waals surface area contributed by atoms with Crippen molar-refractivity contribution in [1.82, 2.24) is 0 Å². The molecule has 0 saturated heterocycles. The van der Waals surface area contributed by atoms with Gasteiger partial charge in [-0.05, 0) is 60.9 Å². The molecule has 0 aliphatic heterocycles. The zero-order valence-electron chi connectivity index (χ0n) is 17.4. The Balaban J connectivity index is 1.78. The first kappa shape index (κ1) is 23.7. The lowest BCUT2D eigenvalue weighted by atomic mass is 10.1. The van der Waals surface area contributed by atoms with E-state index in [2.05, 4.69) is 5.32 Å². The third-order valence-electron chi connectivity index (χ3n) is 4.65. The van der Waals surface area contributed by atoms with Crippen molar-refractivity contribution in [3.05, 3.63) is 97.5 Å². The van der Waals surface area contributed by atoms with Gasteiger partial charge in [-0.15, -0.1) is 0 Å². The number of carbonyl (C=O) groups excluding carboxylic acids is 1. The maximum atomic E-state index is 12.6. The molecular formula is C25H19Cl3N2O2. The second-order valence-corrected chi connectivity index (χ2v) is 8.42. The highest BCUT2D eigenvalue weighted by Gasteiger charge is 2.14. The first-order valence-corrected chi connectivity index (χ1v) is 10.8. The lowest BCUT2D eigenvalue weighted by molar-refractivity contribution is -0.112. The van der Waals surface area contributed by atoms with Gasteiger partial charge >= 0.3 is 0 Å². The number of nitrogens with one attached hydrogen (secondary N) is 1. The molecule has 162 valence electrons. The van der Waals surface area contributed by atoms with Gasteiger partial charge in [-0.25, -0.2) is 0 Å². The highest BCUT2D eigenvalue weighted by atomic mass is 35.5. The molecule has 1 amide bonds. The van der Waals surface area contributed by atoms with E-state index in [1.807, 2.05) is 44.2 Å². The summed E-state index contributed by atoms with van der Waals surface area (Å²) >= 11 is 18.7. The van der Waals surface area contributed by atoms with Gasteiger partial charge in [0.1, 0.15) is 18.2 Å². The van der Waals surface area contributed by atoms with Gasteiger partial charge < -0.3 is 10.1 Å². The van der Waals surface area contributed by atoms with Gasteiger partial charge in [-0.3, -0.25) is 4.79 Å². The second-order valence-electron chi connectivity index (χ2n) is 7.17. The van der Waals surface area contributed by atoms with Crippen LogP contribution in [-0.4, -0.2) is 5.91 Å². The van der Waals surface area contributed by atoms with E-state index in [0.29, 0.717) is 28.6 Å². The summed E-state index contributed by atoms with van der Waals surface area (Å²) in [6.45, 7) is 4.15. The van der Waals surface area contributed by atoms with Crippen molar-refractivity contribution in [3.63, 3.8) is 0 Å². The largest absolute Gasteiger partial charge is 0.486 e. The molecule has 0 aromatic heterocycles. The van der Waals surface area contributed by atoms with E-state index in [1.54, 1.807) is 30.3 Å². The molecule has 3 aromatic carbocycles. The Morgan fingerprint density at radius 1 is 1.03 bits per heavy atom. The van der Waals surface area contributed by atoms with E-state index in [0.717, 1.165) is 16.7 Å². The van der Waals surface area contributed by atoms with Gasteiger partial charge in [-0.2, -0.15) is 5.26 Å². The number of amides is 1. The van der Waals surface area contributed by atoms with Crippen LogP contribution in [0.2, 0.25) is 15.1 Å². The highest BCUT2D eigenvalue weighted by molar-refractivity contribution is 6.37. The molecule has 0 heterocycles. The SMILES string of the molecule is Cc1ccc(COc2c(Cl)cc(/C=C(\C#N)C(=O)Nc3cc(Cl)ccc3C)cc2Cl)cc1. The monoisotopic (exact) mass is 484 g/mol. The van der Waals surface area contributed by atoms with Gasteiger partial charge in [0.2, 0.25) is 0 Å². The number of ether oxygens (including phenoxy) is 1. The third-order valence-corrected chi connectivity index (χ3v) is 5.44. The molecule has 0 radical (unpaired) electrons. The molecule has 0 unspecified atom stereocenters. The first-order chi connectivity index (χ1) is 15.3. The van der Waals surface area contributed by atoms with Crippen LogP contribution in [0.5, 0.6) is 5.75 Å². The Morgan fingerprint density at radius 2 is 1.69 bits per heavy atom. The zero-order valence-corrected chi connectivity index (χ0v) is 19.6. The molecule has 0 atom stereocenters. The molecule has 1 N–H and O–H groups in total. The van der Waals surface area contributed by atoms with Crippen LogP contribution in [0.3, 0.4) is 0 Å². The molecular weight excluding hydrogens is 467 g/mol. The molecule has 3 aromatic rings. The fourth-order valence-electron chi connectivity index (χ4n) is 2.87. The van der Waals surface area contributed by atoms with Crippen LogP contribution in [0, 0.1) is 25.2 Å². The smallest absolute Gasteiger partial charge is 0.266 e. The molecule has 4 nitrogen and oxygen atoms in total. The standard InChI is InChI=1S/C25H19Cl3N2O2/c1-15-3-6-17(7-4-15)14-32-24-21(27)10-18(11-22(24)28)9-19(13-29)25(31)30-23-12-20(26)8-5-16(23)2/h3-12H,14H2,1-2H3,(H,30,31)/b19-9+. The Bertz CT molecular complexity index is 1210. The molecule has 32 heavy (non-hydrogen) atoms. The molecule has 0 aliphatic carbocycles. The number of anilines is 1. The summed E-state index contributed by atoms with van der Waals surface area (Å²) in [6.07, 6.45) is 1.41. The highest BCUT2D eigenvalue weighted by Crippen LogP contribution is 2.35. The minimum Gasteiger partial charge on any atom is -0.486 e. The minimum absolute atomic E-state index is 0.107. The van der Waals surface area contributed by atoms with E-state index in [1.165, 1.54) is 6.08 Å². The molecule has 7 heteroatoms. The van der Waals surface area contributed by atoms with Crippen LogP contribution in [0.25, 0.3) is 6.08 Å². The number of halogens is 3. The number of rotatable bonds is 6. The van der Waals surface area contributed by atoms with E-state index >= 15 is 0 Å². The van der Waals surface area contributed by atoms with Crippen LogP contribution in [-0.2, 0) is 11.4 Å². The topological polar surface area (TPSA) is 62.1 Å². The fourth-order valence-corrected chi connectivity index (χ4v) is 3.66. The number of benzene rings is 3. The van der Waals surface area contributed by atoms with Crippen molar-refractivity contribution in [1.29, 1.82) is 5.26 Å². The molecule has 0 aliphatic rings. The number of nitrogens with zero attached hydrogens (tertiary/aromatic N) is 1. The predicted molar refractivity (Wildman–Crippen MR) is 130 cm³/mol. The normalized spacial score (nSPS) is 11.1. The lowest BCUT2D eigenvalue weighted by Crippen LogP contribution is -2.14. The Morgan fingerprint density at radius 3 is 2.31 bits per heavy atom. The minimum atomic E-state index is -0.565. The Kier molecular flexibility index (Phi) is 7.82. The fraction of sp³-hybridized carbons (Fsp3) is 0.120. The van der Waals surface area contributed by atoms with Gasteiger partial charge in [0, 0.05) is 10.7 Å². The summed E-state index contributed by atoms with van der Waals surface area (Å²) in [6, 6.07) is 18.1. The molecule has 3 rings (SSSR count). The molecule has 0 fully saturated rings. The Labute approximate surface area is 202 Å². The number of hydrogen-bond acceptors (Lipinski definition) is 3. The summed E-state index contributed by atoms with van der Waals surface area (Å²) in [5.41, 5.74) is 3.87. The van der Waals surface area contributed by atoms with Crippen molar-refractivity contribution in [2.45, 2.75) is 20.5 Å². The average Bonchev–Trinajstić information content (AvgIpc) is 2.75. The van der Waals surface area contributed by atoms with Gasteiger partial charge in [0.25, 0.3) is 5.91 Å². The van der Waals surface area contributed by atoms with Crippen molar-refractivity contribution >= 4 is 52.5 Å². The average molecular weight is 486 g/mol. The Hall–Kier alpha value is -2.97. The quantitative estimate of drug-likeness (QED) is 0.292. The van der Waals surface area contributed by atoms with Crippen molar-refractivity contribution in [3.8, 4) is 11.8 Å². The summed E-state index contributed by atoms with van der Waals surface area (Å²) in [5.74, 6) is -0.228. The summed E-state index contributed by atoms with van der Waals surface area (Å²) in [7, 11) is 0. The van der Waals surface area contributed by atoms with Crippen molar-refractivity contribution in [2.24, 2.45) is 0 Å². The van der Waals surface area contributed by atoms with Crippen LogP contribution >= 0.6 is 34.8 Å². The number of carbonyl (C=O) groups is 1. The summed E-state index contributed by atoms with van der Waals surface area (Å²) < 4.78 is 5.79. The van der Waals surface area contributed by atoms with Crippen LogP contribution in [0.15, 0.2) is 60.2 Å². The van der Waals surface area contributed by atoms with Crippen LogP contribution < -0.4 is 10.1 Å². The van der Waals surface area contributed by atoms with Crippen molar-refractivity contribution in [2.75, 3.05) is 5.32 Å². The van der Waals surface area contributed by atoms with Gasteiger partial charge in [0.05, 0.1) is 10.0 Å². The van der Waals surface area contributed by atoms with E-state index in [9.17, 15) is 10.1 Å². The summed E-state index contributed by atoms with van der Waals surface area (Å²) in [5, 5.41) is 13.2. The molecule has 0 saturated carbocycles. The maximum absolute atomic E-state index is 12.6. The second kappa shape index (κ2) is 10.6. The van der Waals surface area contributed by atoms with Crippen molar-refractivity contribution < 1.29 is 9.53 Å². The van der Waals surface area contributed by atoms with Crippen LogP contribution in [0.1, 0.15) is 22.3 Å². The first-order valence-electron chi connectivity index (χ1n) is 9.63. The van der Waals surface area contributed by atoms with E-state index in [4.69, 9.17) is 39.5 Å². The third kappa shape index (κ3) is 6.05. The van der Waals surface area contributed by atoms with E-state index in [-0.39, 0.29) is 15.6 Å². The molecule has 0 spiro atoms. The van der Waals surface area contributed by atoms with Gasteiger partial charge in [0.15, 0.2) is 5.75 Å². The number of aryl methyl sites for hydroxylation is 2. The predicted octanol–water partition coefficient (Wildman–Crippen LogP) is 7.39. The van der Waals surface area contributed by atoms with Gasteiger partial charge in [-0.1, -0.05) is 70.7 Å². The number of hydrogen-bond donors (Lipinski definition) is 1. The van der Waals surface area contributed by atoms with Crippen LogP contribution in [0.4, 0.5) is 5.69 Å². The zero-order chi connectivity index (χ0) is 23.3. The maximum Gasteiger partial charge on any atom is 0.266 e. The number of nitriles is 1. The summed E-state index contributed by atoms with van der Waals surface area (Å²) in [4.78, 5) is 12.6. The lowest BCUT2D eigenvalue weighted by Gasteiger charge is -2.12. The molecule has 0 bridgehead atoms.